The molecule has 8 heteroatoms. The maximum absolute atomic E-state index is 13.1. The first-order valence-corrected chi connectivity index (χ1v) is 10.9. The number of benzene rings is 1. The van der Waals surface area contributed by atoms with Crippen LogP contribution < -0.4 is 4.90 Å². The third-order valence-corrected chi connectivity index (χ3v) is 7.08. The zero-order valence-electron chi connectivity index (χ0n) is 16.8. The zero-order chi connectivity index (χ0) is 20.4. The van der Waals surface area contributed by atoms with E-state index in [0.29, 0.717) is 26.2 Å². The molecule has 27 heavy (non-hydrogen) atoms. The van der Waals surface area contributed by atoms with Gasteiger partial charge in [0.25, 0.3) is 5.91 Å². The van der Waals surface area contributed by atoms with Crippen LogP contribution in [-0.2, 0) is 14.8 Å². The third kappa shape index (κ3) is 4.86. The molecule has 0 unspecified atom stereocenters. The fourth-order valence-corrected chi connectivity index (χ4v) is 5.15. The Labute approximate surface area is 162 Å². The van der Waals surface area contributed by atoms with Crippen molar-refractivity contribution in [1.29, 1.82) is 0 Å². The molecule has 1 aromatic carbocycles. The van der Waals surface area contributed by atoms with Crippen LogP contribution in [0.4, 0.5) is 4.39 Å². The third-order valence-electron chi connectivity index (χ3n) is 5.17. The highest BCUT2D eigenvalue weighted by Crippen LogP contribution is 2.16. The predicted octanol–water partition coefficient (Wildman–Crippen LogP) is 0.749. The lowest BCUT2D eigenvalue weighted by molar-refractivity contribution is -0.918. The zero-order valence-corrected chi connectivity index (χ0v) is 17.6. The number of nitrogens with zero attached hydrogens (tertiary/aromatic N) is 2. The topological polar surface area (TPSA) is 62.1 Å². The molecule has 0 aromatic heterocycles. The summed E-state index contributed by atoms with van der Waals surface area (Å²) in [4.78, 5) is 16.0. The van der Waals surface area contributed by atoms with Gasteiger partial charge in [-0.15, -0.1) is 0 Å². The monoisotopic (exact) mass is 400 g/mol. The minimum atomic E-state index is -3.63. The van der Waals surface area contributed by atoms with Crippen molar-refractivity contribution < 1.29 is 22.5 Å². The number of quaternary nitrogens is 1. The first-order valence-electron chi connectivity index (χ1n) is 9.48. The molecule has 0 saturated carbocycles. The van der Waals surface area contributed by atoms with Crippen LogP contribution in [0.1, 0.15) is 34.6 Å². The second kappa shape index (κ2) is 8.67. The van der Waals surface area contributed by atoms with E-state index in [2.05, 4.69) is 0 Å². The molecule has 0 spiro atoms. The second-order valence-corrected chi connectivity index (χ2v) is 9.61. The molecule has 1 amide bonds. The van der Waals surface area contributed by atoms with Crippen LogP contribution >= 0.6 is 0 Å². The molecule has 1 atom stereocenters. The maximum atomic E-state index is 13.1. The molecular weight excluding hydrogens is 369 g/mol. The summed E-state index contributed by atoms with van der Waals surface area (Å²) in [6.45, 7) is 11.8. The van der Waals surface area contributed by atoms with Gasteiger partial charge in [-0.2, -0.15) is 4.31 Å². The van der Waals surface area contributed by atoms with Gasteiger partial charge in [0, 0.05) is 12.1 Å². The Hall–Kier alpha value is -1.51. The number of carbonyl (C=O) groups is 1. The summed E-state index contributed by atoms with van der Waals surface area (Å²) in [5, 5.41) is 0. The fraction of sp³-hybridized carbons (Fsp3) is 0.632. The number of amides is 1. The van der Waals surface area contributed by atoms with Crippen molar-refractivity contribution in [2.24, 2.45) is 0 Å². The molecule has 0 bridgehead atoms. The van der Waals surface area contributed by atoms with Crippen LogP contribution in [0.5, 0.6) is 0 Å². The van der Waals surface area contributed by atoms with Crippen LogP contribution in [0, 0.1) is 5.82 Å². The number of carbonyl (C=O) groups excluding carboxylic acids is 1. The van der Waals surface area contributed by atoms with Gasteiger partial charge in [-0.3, -0.25) is 4.79 Å². The number of nitrogens with one attached hydrogen (secondary N) is 1. The quantitative estimate of drug-likeness (QED) is 0.767. The summed E-state index contributed by atoms with van der Waals surface area (Å²) in [6, 6.07) is 4.92. The Bertz CT molecular complexity index is 734. The lowest BCUT2D eigenvalue weighted by atomic mass is 10.1. The van der Waals surface area contributed by atoms with Gasteiger partial charge in [0.15, 0.2) is 6.04 Å². The molecule has 1 aliphatic rings. The highest BCUT2D eigenvalue weighted by atomic mass is 32.2. The highest BCUT2D eigenvalue weighted by Gasteiger charge is 2.37. The summed E-state index contributed by atoms with van der Waals surface area (Å²) in [6.07, 6.45) is 0. The van der Waals surface area contributed by atoms with Crippen LogP contribution in [0.2, 0.25) is 0 Å². The summed E-state index contributed by atoms with van der Waals surface area (Å²) < 4.78 is 39.9. The number of hydrogen-bond donors (Lipinski definition) is 1. The summed E-state index contributed by atoms with van der Waals surface area (Å²) in [5.41, 5.74) is 0. The molecule has 2 rings (SSSR count). The van der Waals surface area contributed by atoms with Crippen LogP contribution in [0.3, 0.4) is 0 Å². The summed E-state index contributed by atoms with van der Waals surface area (Å²) >= 11 is 0. The number of rotatable bonds is 6. The first kappa shape index (κ1) is 21.8. The van der Waals surface area contributed by atoms with Crippen molar-refractivity contribution in [3.8, 4) is 0 Å². The van der Waals surface area contributed by atoms with Crippen molar-refractivity contribution >= 4 is 15.9 Å². The van der Waals surface area contributed by atoms with Gasteiger partial charge >= 0.3 is 0 Å². The van der Waals surface area contributed by atoms with E-state index in [9.17, 15) is 17.6 Å². The Balaban J connectivity index is 2.04. The first-order chi connectivity index (χ1) is 12.6. The van der Waals surface area contributed by atoms with E-state index < -0.39 is 15.8 Å². The normalized spacial score (nSPS) is 18.1. The average Bonchev–Trinajstić information content (AvgIpc) is 2.61. The van der Waals surface area contributed by atoms with Crippen molar-refractivity contribution in [3.05, 3.63) is 30.1 Å². The summed E-state index contributed by atoms with van der Waals surface area (Å²) in [7, 11) is -3.63. The molecular formula is C19H31FN3O3S+. The largest absolute Gasteiger partial charge is 0.333 e. The predicted molar refractivity (Wildman–Crippen MR) is 102 cm³/mol. The van der Waals surface area contributed by atoms with Crippen LogP contribution in [0.25, 0.3) is 0 Å². The Morgan fingerprint density at radius 2 is 1.52 bits per heavy atom. The highest BCUT2D eigenvalue weighted by molar-refractivity contribution is 7.89. The molecule has 1 aromatic rings. The van der Waals surface area contributed by atoms with E-state index in [1.54, 1.807) is 0 Å². The minimum Gasteiger partial charge on any atom is -0.333 e. The smallest absolute Gasteiger partial charge is 0.281 e. The molecule has 1 saturated heterocycles. The SMILES string of the molecule is CC(C)N(C(=O)[C@H](C)[NH+]1CCN(S(=O)(=O)c2ccc(F)cc2)CC1)C(C)C. The molecule has 1 aliphatic heterocycles. The van der Waals surface area contributed by atoms with Crippen LogP contribution in [0.15, 0.2) is 29.2 Å². The number of halogens is 1. The number of sulfonamides is 1. The molecule has 0 aliphatic carbocycles. The van der Waals surface area contributed by atoms with Crippen LogP contribution in [-0.4, -0.2) is 67.8 Å². The maximum Gasteiger partial charge on any atom is 0.281 e. The Kier molecular flexibility index (Phi) is 6.99. The van der Waals surface area contributed by atoms with E-state index in [0.717, 1.165) is 17.0 Å². The molecule has 152 valence electrons. The van der Waals surface area contributed by atoms with Gasteiger partial charge in [-0.25, -0.2) is 12.8 Å². The van der Waals surface area contributed by atoms with Gasteiger partial charge in [-0.1, -0.05) is 0 Å². The minimum absolute atomic E-state index is 0.0993. The van der Waals surface area contributed by atoms with E-state index in [-0.39, 0.29) is 28.9 Å². The van der Waals surface area contributed by atoms with E-state index in [4.69, 9.17) is 0 Å². The molecule has 1 fully saturated rings. The lowest BCUT2D eigenvalue weighted by Gasteiger charge is -2.38. The lowest BCUT2D eigenvalue weighted by Crippen LogP contribution is -3.19. The van der Waals surface area contributed by atoms with Gasteiger partial charge in [0.2, 0.25) is 10.0 Å². The Morgan fingerprint density at radius 1 is 1.04 bits per heavy atom. The standard InChI is InChI=1S/C19H30FN3O3S/c1-14(2)23(15(3)4)19(24)16(5)21-10-12-22(13-11-21)27(25,26)18-8-6-17(20)7-9-18/h6-9,14-16H,10-13H2,1-5H3/p+1/t16-/m0/s1. The van der Waals surface area contributed by atoms with Gasteiger partial charge < -0.3 is 9.80 Å². The molecule has 1 N–H and O–H groups in total. The van der Waals surface area contributed by atoms with Gasteiger partial charge in [-0.05, 0) is 58.9 Å². The second-order valence-electron chi connectivity index (χ2n) is 7.67. The Morgan fingerprint density at radius 3 is 1.96 bits per heavy atom. The summed E-state index contributed by atoms with van der Waals surface area (Å²) in [5.74, 6) is -0.361. The van der Waals surface area contributed by atoms with E-state index in [1.807, 2.05) is 39.5 Å². The van der Waals surface area contributed by atoms with Crippen molar-refractivity contribution in [2.75, 3.05) is 26.2 Å². The molecule has 1 heterocycles. The van der Waals surface area contributed by atoms with Crippen molar-refractivity contribution in [1.82, 2.24) is 9.21 Å². The van der Waals surface area contributed by atoms with Crippen molar-refractivity contribution in [3.63, 3.8) is 0 Å². The number of piperazine rings is 1. The van der Waals surface area contributed by atoms with Crippen molar-refractivity contribution in [2.45, 2.75) is 57.6 Å². The molecule has 6 nitrogen and oxygen atoms in total. The van der Waals surface area contributed by atoms with Gasteiger partial charge in [0.05, 0.1) is 31.1 Å². The fourth-order valence-electron chi connectivity index (χ4n) is 3.71. The number of hydrogen-bond acceptors (Lipinski definition) is 3. The molecule has 0 radical (unpaired) electrons. The van der Waals surface area contributed by atoms with Gasteiger partial charge in [0.1, 0.15) is 5.82 Å². The average molecular weight is 401 g/mol. The van der Waals surface area contributed by atoms with E-state index >= 15 is 0 Å². The van der Waals surface area contributed by atoms with E-state index in [1.165, 1.54) is 16.4 Å².